The Bertz CT molecular complexity index is 473. The molecule has 2 rings (SSSR count). The van der Waals surface area contributed by atoms with Crippen LogP contribution in [0.2, 0.25) is 0 Å². The van der Waals surface area contributed by atoms with Crippen LogP contribution in [0.5, 0.6) is 0 Å². The Morgan fingerprint density at radius 1 is 1.44 bits per heavy atom. The molecule has 0 spiro atoms. The molecule has 0 radical (unpaired) electrons. The van der Waals surface area contributed by atoms with Crippen LogP contribution in [0.1, 0.15) is 12.0 Å². The number of rotatable bonds is 3. The van der Waals surface area contributed by atoms with E-state index in [0.29, 0.717) is 5.75 Å². The van der Waals surface area contributed by atoms with E-state index in [2.05, 4.69) is 21.2 Å². The molecule has 1 fully saturated rings. The average molecular weight is 304 g/mol. The van der Waals surface area contributed by atoms with Crippen molar-refractivity contribution >= 4 is 25.8 Å². The maximum Gasteiger partial charge on any atom is 0.151 e. The minimum absolute atomic E-state index is 0.115. The molecule has 1 aromatic rings. The van der Waals surface area contributed by atoms with Crippen LogP contribution >= 0.6 is 15.9 Å². The topological polar surface area (TPSA) is 46.2 Å². The van der Waals surface area contributed by atoms with Crippen molar-refractivity contribution in [3.63, 3.8) is 0 Å². The van der Waals surface area contributed by atoms with Crippen LogP contribution in [0.15, 0.2) is 28.7 Å². The summed E-state index contributed by atoms with van der Waals surface area (Å²) in [5.74, 6) is 0.601. The molecule has 88 valence electrons. The lowest BCUT2D eigenvalue weighted by molar-refractivity contribution is 0.554. The lowest BCUT2D eigenvalue weighted by Gasteiger charge is -2.10. The number of benzene rings is 1. The molecule has 16 heavy (non-hydrogen) atoms. The van der Waals surface area contributed by atoms with Gasteiger partial charge in [0.25, 0.3) is 0 Å². The molecule has 1 heterocycles. The van der Waals surface area contributed by atoms with Crippen molar-refractivity contribution in [2.75, 3.05) is 11.5 Å². The lowest BCUT2D eigenvalue weighted by Crippen LogP contribution is -2.29. The molecule has 1 aliphatic rings. The van der Waals surface area contributed by atoms with Gasteiger partial charge < -0.3 is 5.32 Å². The van der Waals surface area contributed by atoms with Gasteiger partial charge in [0.05, 0.1) is 11.5 Å². The normalized spacial score (nSPS) is 23.4. The zero-order chi connectivity index (χ0) is 11.6. The van der Waals surface area contributed by atoms with Crippen LogP contribution in [-0.2, 0) is 16.4 Å². The van der Waals surface area contributed by atoms with E-state index in [9.17, 15) is 8.42 Å². The first-order valence-electron chi connectivity index (χ1n) is 5.23. The van der Waals surface area contributed by atoms with E-state index in [1.54, 1.807) is 0 Å². The highest BCUT2D eigenvalue weighted by atomic mass is 79.9. The second-order valence-corrected chi connectivity index (χ2v) is 7.26. The molecule has 0 aliphatic carbocycles. The molecular weight excluding hydrogens is 290 g/mol. The van der Waals surface area contributed by atoms with Gasteiger partial charge in [-0.3, -0.25) is 0 Å². The van der Waals surface area contributed by atoms with Crippen LogP contribution in [-0.4, -0.2) is 26.0 Å². The van der Waals surface area contributed by atoms with Gasteiger partial charge in [-0.05, 0) is 24.1 Å². The van der Waals surface area contributed by atoms with Crippen LogP contribution in [0.25, 0.3) is 0 Å². The summed E-state index contributed by atoms with van der Waals surface area (Å²) in [6.07, 6.45) is 0.732. The third-order valence-electron chi connectivity index (χ3n) is 2.72. The molecule has 0 aromatic heterocycles. The van der Waals surface area contributed by atoms with Crippen LogP contribution in [0.4, 0.5) is 0 Å². The summed E-state index contributed by atoms with van der Waals surface area (Å²) in [5, 5.41) is 3.28. The Hall–Kier alpha value is -0.390. The van der Waals surface area contributed by atoms with Crippen molar-refractivity contribution in [3.05, 3.63) is 34.3 Å². The van der Waals surface area contributed by atoms with E-state index in [1.807, 2.05) is 24.3 Å². The van der Waals surface area contributed by atoms with Gasteiger partial charge in [-0.1, -0.05) is 28.1 Å². The standard InChI is InChI=1S/C11H14BrNO2S/c12-10-3-1-2-9(6-10)7-13-11-4-5-16(14,15)8-11/h1-3,6,11,13H,4-5,7-8H2/t11-/m0/s1. The van der Waals surface area contributed by atoms with Gasteiger partial charge in [0, 0.05) is 17.1 Å². The fourth-order valence-electron chi connectivity index (χ4n) is 1.87. The fraction of sp³-hybridized carbons (Fsp3) is 0.455. The zero-order valence-corrected chi connectivity index (χ0v) is 11.2. The average Bonchev–Trinajstić information content (AvgIpc) is 2.56. The fourth-order valence-corrected chi connectivity index (χ4v) is 4.02. The van der Waals surface area contributed by atoms with E-state index in [1.165, 1.54) is 5.56 Å². The van der Waals surface area contributed by atoms with Crippen molar-refractivity contribution in [1.82, 2.24) is 5.32 Å². The predicted octanol–water partition coefficient (Wildman–Crippen LogP) is 1.73. The minimum Gasteiger partial charge on any atom is -0.309 e. The number of sulfone groups is 1. The van der Waals surface area contributed by atoms with E-state index in [0.717, 1.165) is 17.4 Å². The van der Waals surface area contributed by atoms with Gasteiger partial charge in [-0.15, -0.1) is 0 Å². The van der Waals surface area contributed by atoms with Gasteiger partial charge in [0.1, 0.15) is 0 Å². The second-order valence-electron chi connectivity index (χ2n) is 4.11. The largest absolute Gasteiger partial charge is 0.309 e. The van der Waals surface area contributed by atoms with E-state index < -0.39 is 9.84 Å². The molecule has 0 saturated carbocycles. The Labute approximate surface area is 104 Å². The first kappa shape index (κ1) is 12.1. The van der Waals surface area contributed by atoms with Gasteiger partial charge in [0.15, 0.2) is 9.84 Å². The number of hydrogen-bond donors (Lipinski definition) is 1. The van der Waals surface area contributed by atoms with Crippen molar-refractivity contribution < 1.29 is 8.42 Å². The highest BCUT2D eigenvalue weighted by molar-refractivity contribution is 9.10. The van der Waals surface area contributed by atoms with Crippen molar-refractivity contribution in [1.29, 1.82) is 0 Å². The van der Waals surface area contributed by atoms with Crippen molar-refractivity contribution in [2.24, 2.45) is 0 Å². The summed E-state index contributed by atoms with van der Waals surface area (Å²) in [6.45, 7) is 0.722. The summed E-state index contributed by atoms with van der Waals surface area (Å²) in [7, 11) is -2.78. The van der Waals surface area contributed by atoms with Crippen LogP contribution < -0.4 is 5.32 Å². The number of nitrogens with one attached hydrogen (secondary N) is 1. The monoisotopic (exact) mass is 303 g/mol. The molecule has 1 saturated heterocycles. The van der Waals surface area contributed by atoms with E-state index >= 15 is 0 Å². The van der Waals surface area contributed by atoms with Crippen LogP contribution in [0, 0.1) is 0 Å². The number of hydrogen-bond acceptors (Lipinski definition) is 3. The molecule has 1 N–H and O–H groups in total. The quantitative estimate of drug-likeness (QED) is 0.925. The van der Waals surface area contributed by atoms with Crippen molar-refractivity contribution in [2.45, 2.75) is 19.0 Å². The Balaban J connectivity index is 1.89. The number of halogens is 1. The molecule has 0 unspecified atom stereocenters. The molecular formula is C11H14BrNO2S. The van der Waals surface area contributed by atoms with Gasteiger partial charge in [0.2, 0.25) is 0 Å². The third kappa shape index (κ3) is 3.30. The first-order chi connectivity index (χ1) is 7.55. The smallest absolute Gasteiger partial charge is 0.151 e. The lowest BCUT2D eigenvalue weighted by atomic mass is 10.2. The predicted molar refractivity (Wildman–Crippen MR) is 68.0 cm³/mol. The Morgan fingerprint density at radius 3 is 2.88 bits per heavy atom. The summed E-state index contributed by atoms with van der Waals surface area (Å²) in [4.78, 5) is 0. The maximum atomic E-state index is 11.3. The molecule has 0 amide bonds. The van der Waals surface area contributed by atoms with Crippen molar-refractivity contribution in [3.8, 4) is 0 Å². The molecule has 1 aliphatic heterocycles. The molecule has 5 heteroatoms. The summed E-state index contributed by atoms with van der Waals surface area (Å²) in [5.41, 5.74) is 1.17. The Kier molecular flexibility index (Phi) is 3.66. The van der Waals surface area contributed by atoms with Gasteiger partial charge in [-0.2, -0.15) is 0 Å². The summed E-state index contributed by atoms with van der Waals surface area (Å²) in [6, 6.07) is 8.14. The minimum atomic E-state index is -2.78. The molecule has 1 aromatic carbocycles. The highest BCUT2D eigenvalue weighted by Gasteiger charge is 2.27. The van der Waals surface area contributed by atoms with Crippen LogP contribution in [0.3, 0.4) is 0 Å². The van der Waals surface area contributed by atoms with Gasteiger partial charge in [-0.25, -0.2) is 8.42 Å². The molecule has 3 nitrogen and oxygen atoms in total. The molecule has 1 atom stereocenters. The second kappa shape index (κ2) is 4.85. The highest BCUT2D eigenvalue weighted by Crippen LogP contribution is 2.14. The van der Waals surface area contributed by atoms with E-state index in [4.69, 9.17) is 0 Å². The first-order valence-corrected chi connectivity index (χ1v) is 7.85. The maximum absolute atomic E-state index is 11.3. The Morgan fingerprint density at radius 2 is 2.25 bits per heavy atom. The summed E-state index contributed by atoms with van der Waals surface area (Å²) >= 11 is 3.41. The van der Waals surface area contributed by atoms with E-state index in [-0.39, 0.29) is 11.8 Å². The zero-order valence-electron chi connectivity index (χ0n) is 8.82. The van der Waals surface area contributed by atoms with Gasteiger partial charge >= 0.3 is 0 Å². The molecule has 0 bridgehead atoms. The SMILES string of the molecule is O=S1(=O)CC[C@H](NCc2cccc(Br)c2)C1. The summed E-state index contributed by atoms with van der Waals surface area (Å²) < 4.78 is 23.6. The third-order valence-corrected chi connectivity index (χ3v) is 4.98.